The summed E-state index contributed by atoms with van der Waals surface area (Å²) < 4.78 is 33.2. The van der Waals surface area contributed by atoms with Crippen molar-refractivity contribution < 1.29 is 18.3 Å². The van der Waals surface area contributed by atoms with E-state index in [4.69, 9.17) is 4.74 Å². The van der Waals surface area contributed by atoms with Gasteiger partial charge in [0.1, 0.15) is 17.4 Å². The van der Waals surface area contributed by atoms with E-state index in [1.165, 1.54) is 7.11 Å². The van der Waals surface area contributed by atoms with Crippen LogP contribution in [0.15, 0.2) is 40.9 Å². The second kappa shape index (κ2) is 6.13. The van der Waals surface area contributed by atoms with Crippen LogP contribution in [0.5, 0.6) is 5.75 Å². The number of carbonyl (C=O) groups excluding carboxylic acids is 1. The van der Waals surface area contributed by atoms with Gasteiger partial charge in [-0.1, -0.05) is 28.1 Å². The molecular weight excluding hydrogens is 330 g/mol. The third-order valence-electron chi connectivity index (χ3n) is 2.81. The summed E-state index contributed by atoms with van der Waals surface area (Å²) in [6, 6.07) is 8.98. The quantitative estimate of drug-likeness (QED) is 0.781. The molecule has 2 aromatic carbocycles. The molecule has 0 bridgehead atoms. The van der Waals surface area contributed by atoms with Gasteiger partial charge in [-0.15, -0.1) is 0 Å². The first-order chi connectivity index (χ1) is 9.51. The molecule has 0 aromatic heterocycles. The average Bonchev–Trinajstić information content (AvgIpc) is 2.40. The van der Waals surface area contributed by atoms with Crippen molar-refractivity contribution in [1.29, 1.82) is 0 Å². The van der Waals surface area contributed by atoms with E-state index in [1.54, 1.807) is 24.3 Å². The van der Waals surface area contributed by atoms with Gasteiger partial charge in [-0.2, -0.15) is 0 Å². The molecule has 2 aromatic rings. The minimum Gasteiger partial charge on any atom is -0.497 e. The van der Waals surface area contributed by atoms with Crippen molar-refractivity contribution in [3.05, 3.63) is 63.6 Å². The van der Waals surface area contributed by atoms with Crippen LogP contribution in [0.3, 0.4) is 0 Å². The normalized spacial score (nSPS) is 10.4. The van der Waals surface area contributed by atoms with Crippen LogP contribution in [0.4, 0.5) is 8.78 Å². The number of benzene rings is 2. The number of hydrogen-bond donors (Lipinski definition) is 0. The molecule has 0 radical (unpaired) electrons. The third kappa shape index (κ3) is 3.22. The van der Waals surface area contributed by atoms with Crippen molar-refractivity contribution in [2.75, 3.05) is 7.11 Å². The van der Waals surface area contributed by atoms with Crippen LogP contribution in [0.2, 0.25) is 0 Å². The molecule has 0 atom stereocenters. The molecule has 0 aliphatic heterocycles. The van der Waals surface area contributed by atoms with Gasteiger partial charge < -0.3 is 4.74 Å². The molecule has 0 fully saturated rings. The summed E-state index contributed by atoms with van der Waals surface area (Å²) in [7, 11) is 1.30. The molecule has 0 N–H and O–H groups in total. The molecule has 0 saturated heterocycles. The lowest BCUT2D eigenvalue weighted by molar-refractivity contribution is 0.0985. The standard InChI is InChI=1S/C15H11BrF2O2/c1-20-11-7-12(17)15(13(18)8-11)14(19)6-9-2-4-10(16)5-3-9/h2-5,7-8H,6H2,1H3. The van der Waals surface area contributed by atoms with Gasteiger partial charge >= 0.3 is 0 Å². The maximum Gasteiger partial charge on any atom is 0.173 e. The SMILES string of the molecule is COc1cc(F)c(C(=O)Cc2ccc(Br)cc2)c(F)c1. The predicted octanol–water partition coefficient (Wildman–Crippen LogP) is 4.16. The molecule has 2 rings (SSSR count). The Morgan fingerprint density at radius 3 is 2.20 bits per heavy atom. The van der Waals surface area contributed by atoms with E-state index in [0.29, 0.717) is 5.56 Å². The number of ketones is 1. The van der Waals surface area contributed by atoms with Crippen LogP contribution in [-0.4, -0.2) is 12.9 Å². The van der Waals surface area contributed by atoms with Crippen LogP contribution in [0.25, 0.3) is 0 Å². The topological polar surface area (TPSA) is 26.3 Å². The average molecular weight is 341 g/mol. The van der Waals surface area contributed by atoms with E-state index in [2.05, 4.69) is 15.9 Å². The monoisotopic (exact) mass is 340 g/mol. The highest BCUT2D eigenvalue weighted by molar-refractivity contribution is 9.10. The number of rotatable bonds is 4. The van der Waals surface area contributed by atoms with E-state index >= 15 is 0 Å². The molecule has 0 spiro atoms. The molecule has 0 amide bonds. The molecule has 0 unspecified atom stereocenters. The van der Waals surface area contributed by atoms with Crippen LogP contribution >= 0.6 is 15.9 Å². The second-order valence-electron chi connectivity index (χ2n) is 4.19. The Morgan fingerprint density at radius 2 is 1.70 bits per heavy atom. The van der Waals surface area contributed by atoms with Gasteiger partial charge in [-0.05, 0) is 17.7 Å². The van der Waals surface area contributed by atoms with Gasteiger partial charge in [0.05, 0.1) is 12.7 Å². The fraction of sp³-hybridized carbons (Fsp3) is 0.133. The molecule has 104 valence electrons. The molecule has 0 aliphatic rings. The van der Waals surface area contributed by atoms with Gasteiger partial charge in [-0.25, -0.2) is 8.78 Å². The lowest BCUT2D eigenvalue weighted by Crippen LogP contribution is -2.09. The summed E-state index contributed by atoms with van der Waals surface area (Å²) in [6.07, 6.45) is -0.0621. The van der Waals surface area contributed by atoms with Crippen molar-refractivity contribution in [1.82, 2.24) is 0 Å². The highest BCUT2D eigenvalue weighted by Gasteiger charge is 2.19. The Balaban J connectivity index is 2.27. The highest BCUT2D eigenvalue weighted by Crippen LogP contribution is 2.22. The number of Topliss-reactive ketones (excluding diaryl/α,β-unsaturated/α-hetero) is 1. The van der Waals surface area contributed by atoms with Crippen molar-refractivity contribution in [3.63, 3.8) is 0 Å². The highest BCUT2D eigenvalue weighted by atomic mass is 79.9. The Hall–Kier alpha value is -1.75. The van der Waals surface area contributed by atoms with Crippen molar-refractivity contribution in [3.8, 4) is 5.75 Å². The summed E-state index contributed by atoms with van der Waals surface area (Å²) in [5.41, 5.74) is 0.154. The van der Waals surface area contributed by atoms with Crippen LogP contribution in [0, 0.1) is 11.6 Å². The van der Waals surface area contributed by atoms with E-state index in [1.807, 2.05) is 0 Å². The summed E-state index contributed by atoms with van der Waals surface area (Å²) in [6.45, 7) is 0. The molecular formula is C15H11BrF2O2. The minimum absolute atomic E-state index is 0.0418. The summed E-state index contributed by atoms with van der Waals surface area (Å²) in [5, 5.41) is 0. The molecule has 5 heteroatoms. The molecule has 0 saturated carbocycles. The summed E-state index contributed by atoms with van der Waals surface area (Å²) >= 11 is 3.28. The van der Waals surface area contributed by atoms with Gasteiger partial charge in [0.25, 0.3) is 0 Å². The summed E-state index contributed by atoms with van der Waals surface area (Å²) in [5.74, 6) is -2.39. The molecule has 2 nitrogen and oxygen atoms in total. The van der Waals surface area contributed by atoms with Crippen molar-refractivity contribution >= 4 is 21.7 Å². The van der Waals surface area contributed by atoms with Gasteiger partial charge in [-0.3, -0.25) is 4.79 Å². The maximum absolute atomic E-state index is 13.8. The smallest absolute Gasteiger partial charge is 0.173 e. The van der Waals surface area contributed by atoms with Gasteiger partial charge in [0.2, 0.25) is 0 Å². The minimum atomic E-state index is -0.913. The number of halogens is 3. The van der Waals surface area contributed by atoms with E-state index in [0.717, 1.165) is 16.6 Å². The second-order valence-corrected chi connectivity index (χ2v) is 5.11. The van der Waals surface area contributed by atoms with Crippen molar-refractivity contribution in [2.24, 2.45) is 0 Å². The first-order valence-corrected chi connectivity index (χ1v) is 6.61. The van der Waals surface area contributed by atoms with E-state index in [9.17, 15) is 13.6 Å². The predicted molar refractivity (Wildman–Crippen MR) is 75.1 cm³/mol. The van der Waals surface area contributed by atoms with E-state index in [-0.39, 0.29) is 12.2 Å². The third-order valence-corrected chi connectivity index (χ3v) is 3.34. The van der Waals surface area contributed by atoms with Crippen LogP contribution in [-0.2, 0) is 6.42 Å². The lowest BCUT2D eigenvalue weighted by atomic mass is 10.0. The van der Waals surface area contributed by atoms with E-state index < -0.39 is 23.0 Å². The molecule has 0 aliphatic carbocycles. The first-order valence-electron chi connectivity index (χ1n) is 5.82. The summed E-state index contributed by atoms with van der Waals surface area (Å²) in [4.78, 5) is 12.0. The van der Waals surface area contributed by atoms with Crippen LogP contribution in [0.1, 0.15) is 15.9 Å². The van der Waals surface area contributed by atoms with Crippen molar-refractivity contribution in [2.45, 2.75) is 6.42 Å². The molecule has 0 heterocycles. The molecule has 20 heavy (non-hydrogen) atoms. The number of hydrogen-bond acceptors (Lipinski definition) is 2. The largest absolute Gasteiger partial charge is 0.497 e. The Bertz CT molecular complexity index is 616. The zero-order valence-corrected chi connectivity index (χ0v) is 12.2. The Kier molecular flexibility index (Phi) is 4.49. The lowest BCUT2D eigenvalue weighted by Gasteiger charge is -2.07. The van der Waals surface area contributed by atoms with Gasteiger partial charge in [0.15, 0.2) is 5.78 Å². The Labute approximate surface area is 123 Å². The number of ether oxygens (including phenoxy) is 1. The fourth-order valence-electron chi connectivity index (χ4n) is 1.81. The fourth-order valence-corrected chi connectivity index (χ4v) is 2.07. The maximum atomic E-state index is 13.8. The zero-order chi connectivity index (χ0) is 14.7. The first kappa shape index (κ1) is 14.7. The zero-order valence-electron chi connectivity index (χ0n) is 10.6. The Morgan fingerprint density at radius 1 is 1.15 bits per heavy atom. The van der Waals surface area contributed by atoms with Crippen LogP contribution < -0.4 is 4.74 Å². The number of carbonyl (C=O) groups is 1. The number of methoxy groups -OCH3 is 1. The van der Waals surface area contributed by atoms with Gasteiger partial charge in [0, 0.05) is 23.0 Å².